The largest absolute Gasteiger partial charge is 0.456 e. The molecule has 0 fully saturated rings. The van der Waals surface area contributed by atoms with E-state index in [2.05, 4.69) is 146 Å². The molecule has 7 aromatic carbocycles. The van der Waals surface area contributed by atoms with E-state index in [1.54, 1.807) is 0 Å². The van der Waals surface area contributed by atoms with Crippen LogP contribution in [0.25, 0.3) is 88.2 Å². The van der Waals surface area contributed by atoms with Crippen molar-refractivity contribution in [3.05, 3.63) is 164 Å². The van der Waals surface area contributed by atoms with Crippen molar-refractivity contribution in [3.63, 3.8) is 0 Å². The second-order valence-electron chi connectivity index (χ2n) is 12.8. The number of aromatic nitrogens is 3. The van der Waals surface area contributed by atoms with Crippen LogP contribution in [-0.2, 0) is 0 Å². The molecule has 2 heterocycles. The molecule has 2 aromatic heterocycles. The minimum atomic E-state index is 0.0565. The third-order valence-corrected chi connectivity index (χ3v) is 9.77. The smallest absolute Gasteiger partial charge is 0.164 e. The van der Waals surface area contributed by atoms with Gasteiger partial charge in [0, 0.05) is 27.8 Å². The topological polar surface area (TPSA) is 51.8 Å². The summed E-state index contributed by atoms with van der Waals surface area (Å²) in [5, 5.41) is 9.31. The van der Waals surface area contributed by atoms with E-state index >= 15 is 0 Å². The molecular formula is C45H29N3O. The minimum Gasteiger partial charge on any atom is -0.456 e. The fourth-order valence-electron chi connectivity index (χ4n) is 7.30. The molecule has 9 aromatic rings. The second-order valence-corrected chi connectivity index (χ2v) is 12.8. The zero-order chi connectivity index (χ0) is 32.3. The second kappa shape index (κ2) is 11.1. The predicted octanol–water partition coefficient (Wildman–Crippen LogP) is 11.8. The Balaban J connectivity index is 1.22. The van der Waals surface area contributed by atoms with Crippen LogP contribution in [0.3, 0.4) is 0 Å². The average Bonchev–Trinajstić information content (AvgIpc) is 3.56. The van der Waals surface area contributed by atoms with Gasteiger partial charge in [0.1, 0.15) is 17.0 Å². The van der Waals surface area contributed by atoms with Gasteiger partial charge in [0.25, 0.3) is 0 Å². The quantitative estimate of drug-likeness (QED) is 0.182. The fourth-order valence-corrected chi connectivity index (χ4v) is 7.30. The summed E-state index contributed by atoms with van der Waals surface area (Å²) < 4.78 is 6.54. The van der Waals surface area contributed by atoms with E-state index in [-0.39, 0.29) is 5.92 Å². The lowest BCUT2D eigenvalue weighted by molar-refractivity contribution is 0.669. The Bertz CT molecular complexity index is 2820. The standard InChI is InChI=1S/C45H29N3O/c1-2-12-30(13-3-1)43-46-44(34-21-18-28-10-4-5-14-31(28)25-34)48-45(47-43)39-26-35(27-41-42(39)38-16-8-9-17-40(38)49-41)32-22-23-37-33(24-32)20-19-29-11-6-7-15-36(29)37/h1-12,14-27,30H,13H2. The Morgan fingerprint density at radius 1 is 0.490 bits per heavy atom. The molecule has 230 valence electrons. The molecule has 1 unspecified atom stereocenters. The first-order valence-corrected chi connectivity index (χ1v) is 16.7. The third kappa shape index (κ3) is 4.72. The van der Waals surface area contributed by atoms with Gasteiger partial charge >= 0.3 is 0 Å². The van der Waals surface area contributed by atoms with Crippen molar-refractivity contribution >= 4 is 54.3 Å². The molecule has 0 aliphatic heterocycles. The number of benzene rings is 7. The Labute approximate surface area is 282 Å². The number of rotatable bonds is 4. The van der Waals surface area contributed by atoms with Crippen LogP contribution in [-0.4, -0.2) is 15.0 Å². The number of fused-ring (bicyclic) bond motifs is 7. The molecule has 1 aliphatic rings. The Morgan fingerprint density at radius 2 is 1.20 bits per heavy atom. The SMILES string of the molecule is C1=CCC(c2nc(-c3ccc4ccccc4c3)nc(-c3cc(-c4ccc5c(ccc6ccccc65)c4)cc4oc5ccccc5c34)n2)C=C1. The van der Waals surface area contributed by atoms with Gasteiger partial charge in [-0.25, -0.2) is 15.0 Å². The average molecular weight is 628 g/mol. The van der Waals surface area contributed by atoms with E-state index in [1.807, 2.05) is 12.1 Å². The van der Waals surface area contributed by atoms with Gasteiger partial charge in [-0.3, -0.25) is 0 Å². The number of nitrogens with zero attached hydrogens (tertiary/aromatic N) is 3. The van der Waals surface area contributed by atoms with Gasteiger partial charge in [0.05, 0.1) is 0 Å². The van der Waals surface area contributed by atoms with E-state index in [4.69, 9.17) is 19.4 Å². The molecule has 1 atom stereocenters. The number of furan rings is 1. The van der Waals surface area contributed by atoms with Crippen LogP contribution in [0.5, 0.6) is 0 Å². The van der Waals surface area contributed by atoms with E-state index in [9.17, 15) is 0 Å². The molecule has 0 N–H and O–H groups in total. The van der Waals surface area contributed by atoms with E-state index in [1.165, 1.54) is 26.9 Å². The number of para-hydroxylation sites is 1. The summed E-state index contributed by atoms with van der Waals surface area (Å²) >= 11 is 0. The molecule has 0 bridgehead atoms. The lowest BCUT2D eigenvalue weighted by Crippen LogP contribution is -2.08. The maximum Gasteiger partial charge on any atom is 0.164 e. The summed E-state index contributed by atoms with van der Waals surface area (Å²) in [5.74, 6) is 2.12. The molecule has 0 amide bonds. The highest BCUT2D eigenvalue weighted by Gasteiger charge is 2.22. The Kier molecular flexibility index (Phi) is 6.28. The first-order valence-electron chi connectivity index (χ1n) is 16.7. The van der Waals surface area contributed by atoms with Gasteiger partial charge in [-0.15, -0.1) is 0 Å². The molecule has 4 nitrogen and oxygen atoms in total. The van der Waals surface area contributed by atoms with E-state index in [0.717, 1.165) is 61.8 Å². The zero-order valence-electron chi connectivity index (χ0n) is 26.5. The maximum absolute atomic E-state index is 6.54. The van der Waals surface area contributed by atoms with Gasteiger partial charge in [0.15, 0.2) is 11.6 Å². The summed E-state index contributed by atoms with van der Waals surface area (Å²) in [6.07, 6.45) is 9.36. The summed E-state index contributed by atoms with van der Waals surface area (Å²) in [6, 6.07) is 47.1. The summed E-state index contributed by atoms with van der Waals surface area (Å²) in [4.78, 5) is 15.5. The summed E-state index contributed by atoms with van der Waals surface area (Å²) in [5.41, 5.74) is 5.69. The van der Waals surface area contributed by atoms with Crippen molar-refractivity contribution in [1.29, 1.82) is 0 Å². The van der Waals surface area contributed by atoms with Gasteiger partial charge in [-0.2, -0.15) is 0 Å². The highest BCUT2D eigenvalue weighted by atomic mass is 16.3. The third-order valence-electron chi connectivity index (χ3n) is 9.77. The van der Waals surface area contributed by atoms with Crippen molar-refractivity contribution in [1.82, 2.24) is 15.0 Å². The van der Waals surface area contributed by atoms with Gasteiger partial charge in [-0.1, -0.05) is 127 Å². The molecule has 10 rings (SSSR count). The van der Waals surface area contributed by atoms with E-state index < -0.39 is 0 Å². The number of allylic oxidation sites excluding steroid dienone is 4. The zero-order valence-corrected chi connectivity index (χ0v) is 26.5. The number of hydrogen-bond donors (Lipinski definition) is 0. The van der Waals surface area contributed by atoms with Crippen LogP contribution in [0.2, 0.25) is 0 Å². The van der Waals surface area contributed by atoms with Crippen LogP contribution in [0.4, 0.5) is 0 Å². The van der Waals surface area contributed by atoms with Crippen LogP contribution in [0, 0.1) is 0 Å². The Hall–Kier alpha value is -6.39. The molecular weight excluding hydrogens is 599 g/mol. The van der Waals surface area contributed by atoms with Gasteiger partial charge < -0.3 is 4.42 Å². The van der Waals surface area contributed by atoms with Crippen LogP contribution >= 0.6 is 0 Å². The van der Waals surface area contributed by atoms with Crippen molar-refractivity contribution in [2.45, 2.75) is 12.3 Å². The fraction of sp³-hybridized carbons (Fsp3) is 0.0444. The monoisotopic (exact) mass is 627 g/mol. The van der Waals surface area contributed by atoms with Crippen LogP contribution in [0.1, 0.15) is 18.2 Å². The first kappa shape index (κ1) is 27.7. The van der Waals surface area contributed by atoms with Crippen molar-refractivity contribution in [2.24, 2.45) is 0 Å². The molecule has 49 heavy (non-hydrogen) atoms. The predicted molar refractivity (Wildman–Crippen MR) is 202 cm³/mol. The van der Waals surface area contributed by atoms with Crippen LogP contribution < -0.4 is 0 Å². The first-order chi connectivity index (χ1) is 24.2. The Morgan fingerprint density at radius 3 is 2.10 bits per heavy atom. The molecule has 4 heteroatoms. The summed E-state index contributed by atoms with van der Waals surface area (Å²) in [6.45, 7) is 0. The molecule has 0 saturated carbocycles. The van der Waals surface area contributed by atoms with E-state index in [0.29, 0.717) is 11.6 Å². The van der Waals surface area contributed by atoms with Gasteiger partial charge in [0.2, 0.25) is 0 Å². The van der Waals surface area contributed by atoms with Gasteiger partial charge in [-0.05, 0) is 80.2 Å². The van der Waals surface area contributed by atoms with Crippen LogP contribution in [0.15, 0.2) is 162 Å². The molecule has 1 aliphatic carbocycles. The molecule has 0 saturated heterocycles. The van der Waals surface area contributed by atoms with Crippen molar-refractivity contribution < 1.29 is 4.42 Å². The lowest BCUT2D eigenvalue weighted by Gasteiger charge is -2.15. The summed E-state index contributed by atoms with van der Waals surface area (Å²) in [7, 11) is 0. The van der Waals surface area contributed by atoms with Crippen molar-refractivity contribution in [3.8, 4) is 33.9 Å². The highest BCUT2D eigenvalue weighted by Crippen LogP contribution is 2.41. The molecule has 0 spiro atoms. The lowest BCUT2D eigenvalue weighted by atomic mass is 9.95. The number of hydrogen-bond acceptors (Lipinski definition) is 4. The highest BCUT2D eigenvalue weighted by molar-refractivity contribution is 6.14. The van der Waals surface area contributed by atoms with Crippen molar-refractivity contribution in [2.75, 3.05) is 0 Å². The maximum atomic E-state index is 6.54. The minimum absolute atomic E-state index is 0.0565. The normalized spacial score (nSPS) is 14.5. The molecule has 0 radical (unpaired) electrons.